The summed E-state index contributed by atoms with van der Waals surface area (Å²) in [6, 6.07) is 2.08. The number of hydrogen-bond donors (Lipinski definition) is 1. The Morgan fingerprint density at radius 2 is 2.12 bits per heavy atom. The second-order valence-corrected chi connectivity index (χ2v) is 5.21. The van der Waals surface area contributed by atoms with Crippen molar-refractivity contribution in [3.63, 3.8) is 0 Å². The molecular formula is C13H22N2O. The van der Waals surface area contributed by atoms with Crippen molar-refractivity contribution in [1.82, 2.24) is 5.32 Å². The van der Waals surface area contributed by atoms with E-state index in [4.69, 9.17) is 5.26 Å². The Hall–Kier alpha value is -1.04. The number of carbonyl (C=O) groups excluding carboxylic acids is 1. The molecule has 0 heterocycles. The van der Waals surface area contributed by atoms with Gasteiger partial charge >= 0.3 is 0 Å². The van der Waals surface area contributed by atoms with E-state index in [0.29, 0.717) is 17.8 Å². The van der Waals surface area contributed by atoms with Crippen LogP contribution in [0.5, 0.6) is 0 Å². The van der Waals surface area contributed by atoms with Crippen molar-refractivity contribution < 1.29 is 4.79 Å². The molecule has 0 aliphatic heterocycles. The molecule has 1 saturated carbocycles. The van der Waals surface area contributed by atoms with E-state index in [1.54, 1.807) is 0 Å². The number of nitrogens with zero attached hydrogens (tertiary/aromatic N) is 1. The summed E-state index contributed by atoms with van der Waals surface area (Å²) < 4.78 is 0. The number of hydrogen-bond acceptors (Lipinski definition) is 2. The fourth-order valence-corrected chi connectivity index (χ4v) is 2.05. The van der Waals surface area contributed by atoms with Crippen LogP contribution in [0.25, 0.3) is 0 Å². The fourth-order valence-electron chi connectivity index (χ4n) is 2.05. The molecule has 1 rings (SSSR count). The van der Waals surface area contributed by atoms with Crippen LogP contribution in [-0.2, 0) is 4.79 Å². The largest absolute Gasteiger partial charge is 0.354 e. The highest BCUT2D eigenvalue weighted by molar-refractivity contribution is 5.81. The molecular weight excluding hydrogens is 200 g/mol. The number of nitrogens with one attached hydrogen (secondary N) is 1. The second-order valence-electron chi connectivity index (χ2n) is 5.21. The highest BCUT2D eigenvalue weighted by atomic mass is 16.1. The summed E-state index contributed by atoms with van der Waals surface area (Å²) in [6.45, 7) is 7.14. The zero-order chi connectivity index (χ0) is 12.2. The molecule has 0 bridgehead atoms. The van der Waals surface area contributed by atoms with E-state index in [0.717, 1.165) is 13.0 Å². The van der Waals surface area contributed by atoms with Crippen molar-refractivity contribution >= 4 is 5.91 Å². The summed E-state index contributed by atoms with van der Waals surface area (Å²) in [5.74, 6) is 0.0590. The lowest BCUT2D eigenvalue weighted by molar-refractivity contribution is -0.123. The van der Waals surface area contributed by atoms with Gasteiger partial charge in [-0.15, -0.1) is 0 Å². The molecule has 0 aromatic rings. The van der Waals surface area contributed by atoms with Crippen molar-refractivity contribution in [2.45, 2.75) is 46.5 Å². The van der Waals surface area contributed by atoms with Crippen molar-refractivity contribution in [3.05, 3.63) is 0 Å². The first-order valence-electron chi connectivity index (χ1n) is 6.23. The van der Waals surface area contributed by atoms with E-state index in [-0.39, 0.29) is 5.91 Å². The van der Waals surface area contributed by atoms with E-state index < -0.39 is 5.92 Å². The van der Waals surface area contributed by atoms with Crippen LogP contribution in [0, 0.1) is 28.6 Å². The highest BCUT2D eigenvalue weighted by Crippen LogP contribution is 2.51. The summed E-state index contributed by atoms with van der Waals surface area (Å²) in [6.07, 6.45) is 3.95. The normalized spacial score (nSPS) is 18.9. The molecule has 0 aromatic heterocycles. The Bertz CT molecular complexity index is 287. The SMILES string of the molecule is CCCC(C#N)C(=O)NCC1(C(C)C)CC1. The number of carbonyl (C=O) groups is 1. The second kappa shape index (κ2) is 5.34. The van der Waals surface area contributed by atoms with Gasteiger partial charge in [-0.25, -0.2) is 0 Å². The average molecular weight is 222 g/mol. The van der Waals surface area contributed by atoms with Gasteiger partial charge in [0.1, 0.15) is 5.92 Å². The van der Waals surface area contributed by atoms with Gasteiger partial charge in [0, 0.05) is 6.54 Å². The van der Waals surface area contributed by atoms with Crippen molar-refractivity contribution in [1.29, 1.82) is 5.26 Å². The minimum Gasteiger partial charge on any atom is -0.354 e. The summed E-state index contributed by atoms with van der Waals surface area (Å²) in [4.78, 5) is 11.7. The first-order chi connectivity index (χ1) is 7.55. The van der Waals surface area contributed by atoms with Gasteiger partial charge in [0.05, 0.1) is 6.07 Å². The molecule has 1 unspecified atom stereocenters. The van der Waals surface area contributed by atoms with Crippen LogP contribution >= 0.6 is 0 Å². The van der Waals surface area contributed by atoms with Gasteiger partial charge in [0.25, 0.3) is 0 Å². The lowest BCUT2D eigenvalue weighted by Gasteiger charge is -2.20. The molecule has 1 atom stereocenters. The molecule has 1 aliphatic carbocycles. The smallest absolute Gasteiger partial charge is 0.237 e. The Morgan fingerprint density at radius 3 is 2.50 bits per heavy atom. The Kier molecular flexibility index (Phi) is 4.35. The van der Waals surface area contributed by atoms with Crippen molar-refractivity contribution in [2.75, 3.05) is 6.54 Å². The van der Waals surface area contributed by atoms with Gasteiger partial charge in [-0.2, -0.15) is 5.26 Å². The maximum atomic E-state index is 11.7. The molecule has 90 valence electrons. The Balaban J connectivity index is 2.38. The lowest BCUT2D eigenvalue weighted by atomic mass is 9.92. The molecule has 0 aromatic carbocycles. The van der Waals surface area contributed by atoms with Gasteiger partial charge in [-0.05, 0) is 30.6 Å². The molecule has 0 saturated heterocycles. The quantitative estimate of drug-likeness (QED) is 0.750. The van der Waals surface area contributed by atoms with Crippen molar-refractivity contribution in [2.24, 2.45) is 17.3 Å². The number of nitriles is 1. The average Bonchev–Trinajstić information content (AvgIpc) is 3.03. The zero-order valence-electron chi connectivity index (χ0n) is 10.5. The maximum Gasteiger partial charge on any atom is 0.237 e. The van der Waals surface area contributed by atoms with Gasteiger partial charge in [-0.3, -0.25) is 4.79 Å². The van der Waals surface area contributed by atoms with Gasteiger partial charge in [0.2, 0.25) is 5.91 Å². The Labute approximate surface area is 98.2 Å². The molecule has 1 amide bonds. The third-order valence-electron chi connectivity index (χ3n) is 3.78. The lowest BCUT2D eigenvalue weighted by Crippen LogP contribution is -2.36. The summed E-state index contributed by atoms with van der Waals surface area (Å²) in [5, 5.41) is 11.8. The van der Waals surface area contributed by atoms with Crippen LogP contribution in [0.1, 0.15) is 46.5 Å². The molecule has 3 heteroatoms. The molecule has 1 aliphatic rings. The van der Waals surface area contributed by atoms with E-state index in [9.17, 15) is 4.79 Å². The molecule has 0 spiro atoms. The van der Waals surface area contributed by atoms with Crippen LogP contribution in [0.15, 0.2) is 0 Å². The van der Waals surface area contributed by atoms with Gasteiger partial charge < -0.3 is 5.32 Å². The summed E-state index contributed by atoms with van der Waals surface area (Å²) >= 11 is 0. The highest BCUT2D eigenvalue weighted by Gasteiger charge is 2.45. The van der Waals surface area contributed by atoms with E-state index in [1.165, 1.54) is 12.8 Å². The van der Waals surface area contributed by atoms with Crippen LogP contribution in [0.4, 0.5) is 0 Å². The first-order valence-corrected chi connectivity index (χ1v) is 6.23. The monoisotopic (exact) mass is 222 g/mol. The molecule has 3 nitrogen and oxygen atoms in total. The third-order valence-corrected chi connectivity index (χ3v) is 3.78. The maximum absolute atomic E-state index is 11.7. The first kappa shape index (κ1) is 13.0. The Morgan fingerprint density at radius 1 is 1.50 bits per heavy atom. The van der Waals surface area contributed by atoms with Crippen molar-refractivity contribution in [3.8, 4) is 6.07 Å². The number of amides is 1. The zero-order valence-corrected chi connectivity index (χ0v) is 10.5. The summed E-state index contributed by atoms with van der Waals surface area (Å²) in [5.41, 5.74) is 0.321. The standard InChI is InChI=1S/C13H22N2O/c1-4-5-11(8-14)12(16)15-9-13(6-7-13)10(2)3/h10-11H,4-7,9H2,1-3H3,(H,15,16). The summed E-state index contributed by atoms with van der Waals surface area (Å²) in [7, 11) is 0. The molecule has 1 fully saturated rings. The van der Waals surface area contributed by atoms with E-state index in [1.807, 2.05) is 6.92 Å². The van der Waals surface area contributed by atoms with Crippen LogP contribution in [-0.4, -0.2) is 12.5 Å². The van der Waals surface area contributed by atoms with Gasteiger partial charge in [-0.1, -0.05) is 27.2 Å². The predicted octanol–water partition coefficient (Wildman–Crippen LogP) is 2.48. The van der Waals surface area contributed by atoms with Crippen LogP contribution in [0.3, 0.4) is 0 Å². The minimum absolute atomic E-state index is 0.0868. The number of rotatable bonds is 6. The molecule has 1 N–H and O–H groups in total. The fraction of sp³-hybridized carbons (Fsp3) is 0.846. The van der Waals surface area contributed by atoms with E-state index in [2.05, 4.69) is 25.2 Å². The van der Waals surface area contributed by atoms with E-state index >= 15 is 0 Å². The van der Waals surface area contributed by atoms with Crippen LogP contribution in [0.2, 0.25) is 0 Å². The predicted molar refractivity (Wildman–Crippen MR) is 63.5 cm³/mol. The third kappa shape index (κ3) is 2.98. The molecule has 0 radical (unpaired) electrons. The topological polar surface area (TPSA) is 52.9 Å². The molecule has 16 heavy (non-hydrogen) atoms. The minimum atomic E-state index is -0.465. The van der Waals surface area contributed by atoms with Gasteiger partial charge in [0.15, 0.2) is 0 Å². The van der Waals surface area contributed by atoms with Crippen LogP contribution < -0.4 is 5.32 Å².